The summed E-state index contributed by atoms with van der Waals surface area (Å²) in [4.78, 5) is 0. The maximum Gasteiger partial charge on any atom is 0.136 e. The molecule has 6 nitrogen and oxygen atoms in total. The molecule has 6 radical (unpaired) electrons. The van der Waals surface area contributed by atoms with Crippen molar-refractivity contribution in [1.29, 1.82) is 0 Å². The smallest absolute Gasteiger partial charge is 0.136 e. The Morgan fingerprint density at radius 1 is 0.464 bits per heavy atom. The van der Waals surface area contributed by atoms with Crippen molar-refractivity contribution in [3.63, 3.8) is 0 Å². The van der Waals surface area contributed by atoms with Gasteiger partial charge in [0.2, 0.25) is 0 Å². The second-order valence-electron chi connectivity index (χ2n) is 7.19. The first kappa shape index (κ1) is 28.4. The number of ether oxygens (including phenoxy) is 6. The first-order chi connectivity index (χ1) is 13.3. The van der Waals surface area contributed by atoms with E-state index in [0.29, 0.717) is 51.1 Å². The molecule has 0 aromatic carbocycles. The summed E-state index contributed by atoms with van der Waals surface area (Å²) in [5, 5.41) is 0. The van der Waals surface area contributed by atoms with E-state index in [1.807, 2.05) is 0 Å². The van der Waals surface area contributed by atoms with Crippen LogP contribution in [0.1, 0.15) is 40.0 Å². The lowest BCUT2D eigenvalue weighted by Gasteiger charge is -2.28. The monoisotopic (exact) mass is 448 g/mol. The lowest BCUT2D eigenvalue weighted by molar-refractivity contribution is -0.0451. The fraction of sp³-hybridized carbons (Fsp3) is 1.00. The minimum absolute atomic E-state index is 0.105. The van der Waals surface area contributed by atoms with Crippen LogP contribution < -0.4 is 0 Å². The molecule has 0 spiro atoms. The molecule has 0 saturated heterocycles. The summed E-state index contributed by atoms with van der Waals surface area (Å²) in [5.41, 5.74) is 1.67. The zero-order chi connectivity index (χ0) is 21.5. The Balaban J connectivity index is 4.88. The highest BCUT2D eigenvalue weighted by Crippen LogP contribution is 2.33. The number of methoxy groups -OCH3 is 6. The molecule has 0 amide bonds. The normalized spacial score (nSPS) is 16.7. The maximum absolute atomic E-state index is 5.40. The second-order valence-corrected chi connectivity index (χ2v) is 12.6. The molecule has 0 aromatic heterocycles. The summed E-state index contributed by atoms with van der Waals surface area (Å²) in [6.45, 7) is 6.91. The predicted octanol–water partition coefficient (Wildman–Crippen LogP) is 3.04. The van der Waals surface area contributed by atoms with Gasteiger partial charge in [-0.3, -0.25) is 0 Å². The molecule has 164 valence electrons. The van der Waals surface area contributed by atoms with Gasteiger partial charge in [0, 0.05) is 42.7 Å². The van der Waals surface area contributed by atoms with E-state index >= 15 is 0 Å². The van der Waals surface area contributed by atoms with Gasteiger partial charge < -0.3 is 28.4 Å². The van der Waals surface area contributed by atoms with Crippen LogP contribution in [0, 0.1) is 5.92 Å². The standard InChI is InChI=1S/C19H40O6Si3/c1-13(26-17(20-4)21-5)10-16(11-14(2)27-18(22-6)23-7)12-15(3)28-19(24-8)25-9/h13-19H,10-12H2,1-9H3. The predicted molar refractivity (Wildman–Crippen MR) is 116 cm³/mol. The van der Waals surface area contributed by atoms with Crippen molar-refractivity contribution in [2.45, 2.75) is 74.4 Å². The van der Waals surface area contributed by atoms with E-state index in [-0.39, 0.29) is 17.7 Å². The minimum atomic E-state index is -0.105. The van der Waals surface area contributed by atoms with Gasteiger partial charge in [0.1, 0.15) is 46.3 Å². The summed E-state index contributed by atoms with van der Waals surface area (Å²) >= 11 is 0. The van der Waals surface area contributed by atoms with E-state index in [1.54, 1.807) is 42.7 Å². The molecule has 3 unspecified atom stereocenters. The van der Waals surface area contributed by atoms with E-state index < -0.39 is 0 Å². The molecular weight excluding hydrogens is 408 g/mol. The summed E-state index contributed by atoms with van der Waals surface area (Å²) in [7, 11) is 12.2. The van der Waals surface area contributed by atoms with Crippen LogP contribution in [0.25, 0.3) is 0 Å². The highest BCUT2D eigenvalue weighted by atomic mass is 28.2. The molecule has 0 bridgehead atoms. The number of hydrogen-bond acceptors (Lipinski definition) is 6. The van der Waals surface area contributed by atoms with E-state index in [1.165, 1.54) is 19.3 Å². The van der Waals surface area contributed by atoms with E-state index in [9.17, 15) is 0 Å². The molecule has 0 N–H and O–H groups in total. The van der Waals surface area contributed by atoms with Crippen LogP contribution in [0.15, 0.2) is 0 Å². The highest BCUT2D eigenvalue weighted by molar-refractivity contribution is 6.39. The summed E-state index contributed by atoms with van der Waals surface area (Å²) in [6.07, 6.45) is 3.50. The van der Waals surface area contributed by atoms with Gasteiger partial charge >= 0.3 is 0 Å². The van der Waals surface area contributed by atoms with Gasteiger partial charge in [-0.1, -0.05) is 40.0 Å². The minimum Gasteiger partial charge on any atom is -0.360 e. The maximum atomic E-state index is 5.40. The van der Waals surface area contributed by atoms with Crippen molar-refractivity contribution < 1.29 is 28.4 Å². The Hall–Kier alpha value is 0.411. The Morgan fingerprint density at radius 2 is 0.679 bits per heavy atom. The third-order valence-corrected chi connectivity index (χ3v) is 9.25. The quantitative estimate of drug-likeness (QED) is 0.237. The van der Waals surface area contributed by atoms with Crippen LogP contribution in [0.2, 0.25) is 16.6 Å². The lowest BCUT2D eigenvalue weighted by atomic mass is 9.93. The van der Waals surface area contributed by atoms with Gasteiger partial charge in [-0.2, -0.15) is 0 Å². The summed E-state index contributed by atoms with van der Waals surface area (Å²) < 4.78 is 32.4. The van der Waals surface area contributed by atoms with Crippen LogP contribution in [-0.4, -0.2) is 89.0 Å². The van der Waals surface area contributed by atoms with Gasteiger partial charge in [-0.05, 0) is 22.5 Å². The number of rotatable bonds is 18. The van der Waals surface area contributed by atoms with E-state index in [0.717, 1.165) is 0 Å². The zero-order valence-corrected chi connectivity index (χ0v) is 22.1. The zero-order valence-electron chi connectivity index (χ0n) is 19.1. The van der Waals surface area contributed by atoms with Crippen LogP contribution in [0.4, 0.5) is 0 Å². The molecule has 9 heteroatoms. The van der Waals surface area contributed by atoms with Crippen molar-refractivity contribution in [2.75, 3.05) is 42.7 Å². The van der Waals surface area contributed by atoms with E-state index in [4.69, 9.17) is 28.4 Å². The van der Waals surface area contributed by atoms with Crippen LogP contribution >= 0.6 is 0 Å². The Bertz CT molecular complexity index is 302. The molecule has 28 heavy (non-hydrogen) atoms. The van der Waals surface area contributed by atoms with Crippen LogP contribution in [-0.2, 0) is 28.4 Å². The first-order valence-corrected chi connectivity index (χ1v) is 13.2. The van der Waals surface area contributed by atoms with E-state index in [2.05, 4.69) is 20.8 Å². The molecule has 0 aromatic rings. The molecule has 0 rings (SSSR count). The largest absolute Gasteiger partial charge is 0.360 e. The highest BCUT2D eigenvalue weighted by Gasteiger charge is 2.25. The fourth-order valence-corrected chi connectivity index (χ4v) is 7.01. The third kappa shape index (κ3) is 12.9. The topological polar surface area (TPSA) is 55.4 Å². The second kappa shape index (κ2) is 17.1. The molecule has 3 atom stereocenters. The van der Waals surface area contributed by atoms with Crippen molar-refractivity contribution in [2.24, 2.45) is 5.92 Å². The van der Waals surface area contributed by atoms with Crippen molar-refractivity contribution >= 4 is 28.6 Å². The first-order valence-electron chi connectivity index (χ1n) is 9.78. The van der Waals surface area contributed by atoms with Gasteiger partial charge in [0.15, 0.2) is 0 Å². The molecule has 0 fully saturated rings. The average Bonchev–Trinajstić information content (AvgIpc) is 2.67. The van der Waals surface area contributed by atoms with Crippen molar-refractivity contribution in [1.82, 2.24) is 0 Å². The van der Waals surface area contributed by atoms with Gasteiger partial charge in [0.25, 0.3) is 0 Å². The summed E-state index contributed by atoms with van der Waals surface area (Å²) in [5.74, 6) is 0.316. The fourth-order valence-electron chi connectivity index (χ4n) is 3.39. The Morgan fingerprint density at radius 3 is 0.857 bits per heavy atom. The van der Waals surface area contributed by atoms with Crippen molar-refractivity contribution in [3.8, 4) is 0 Å². The molecular formula is C19H40O6Si3. The molecule has 0 aliphatic heterocycles. The van der Waals surface area contributed by atoms with Crippen LogP contribution in [0.5, 0.6) is 0 Å². The van der Waals surface area contributed by atoms with Crippen LogP contribution in [0.3, 0.4) is 0 Å². The van der Waals surface area contributed by atoms with Gasteiger partial charge in [-0.15, -0.1) is 0 Å². The average molecular weight is 449 g/mol. The van der Waals surface area contributed by atoms with Gasteiger partial charge in [-0.25, -0.2) is 0 Å². The lowest BCUT2D eigenvalue weighted by Crippen LogP contribution is -2.29. The Kier molecular flexibility index (Phi) is 17.4. The molecule has 0 heterocycles. The molecule has 0 aliphatic carbocycles. The molecule has 0 saturated carbocycles. The van der Waals surface area contributed by atoms with Gasteiger partial charge in [0.05, 0.1) is 0 Å². The third-order valence-electron chi connectivity index (χ3n) is 4.61. The van der Waals surface area contributed by atoms with Crippen molar-refractivity contribution in [3.05, 3.63) is 0 Å². The molecule has 0 aliphatic rings. The SMILES string of the molecule is COC(OC)[Si]C(C)CC(CC(C)[Si]C(OC)OC)CC(C)[Si]C(OC)OC. The Labute approximate surface area is 180 Å². The number of hydrogen-bond donors (Lipinski definition) is 0. The summed E-state index contributed by atoms with van der Waals surface area (Å²) in [6, 6.07) is 0.